The van der Waals surface area contributed by atoms with Gasteiger partial charge >= 0.3 is 17.9 Å². The van der Waals surface area contributed by atoms with E-state index in [2.05, 4.69) is 6.92 Å². The average molecular weight is 373 g/mol. The van der Waals surface area contributed by atoms with E-state index in [4.69, 9.17) is 10.2 Å². The maximum absolute atomic E-state index is 11.7. The van der Waals surface area contributed by atoms with Gasteiger partial charge in [-0.2, -0.15) is 0 Å². The molecule has 0 amide bonds. The highest BCUT2D eigenvalue weighted by atomic mass is 16.4. The first kappa shape index (κ1) is 22.3. The van der Waals surface area contributed by atoms with Crippen LogP contribution in [0.2, 0.25) is 0 Å². The van der Waals surface area contributed by atoms with Crippen molar-refractivity contribution in [2.75, 3.05) is 52.4 Å². The fraction of sp³-hybridized carbons (Fsp3) is 0.824. The van der Waals surface area contributed by atoms with E-state index in [1.807, 2.05) is 4.90 Å². The quantitative estimate of drug-likeness (QED) is 0.458. The smallest absolute Gasteiger partial charge is 0.320 e. The van der Waals surface area contributed by atoms with Gasteiger partial charge in [0.25, 0.3) is 0 Å². The van der Waals surface area contributed by atoms with Crippen LogP contribution in [0.1, 0.15) is 32.6 Å². The minimum atomic E-state index is -0.946. The van der Waals surface area contributed by atoms with Crippen LogP contribution in [0.25, 0.3) is 0 Å². The Morgan fingerprint density at radius 1 is 0.808 bits per heavy atom. The lowest BCUT2D eigenvalue weighted by atomic mass is 10.1. The predicted octanol–water partition coefficient (Wildman–Crippen LogP) is 0.109. The number of rotatable bonds is 10. The molecule has 3 N–H and O–H groups in total. The van der Waals surface area contributed by atoms with Crippen molar-refractivity contribution in [3.05, 3.63) is 0 Å². The zero-order valence-corrected chi connectivity index (χ0v) is 15.5. The molecule has 9 nitrogen and oxygen atoms in total. The zero-order valence-electron chi connectivity index (χ0n) is 15.5. The number of carboxylic acids is 3. The highest BCUT2D eigenvalue weighted by Gasteiger charge is 2.27. The van der Waals surface area contributed by atoms with Crippen LogP contribution in [0.5, 0.6) is 0 Å². The monoisotopic (exact) mass is 373 g/mol. The van der Waals surface area contributed by atoms with Gasteiger partial charge in [-0.3, -0.25) is 29.1 Å². The lowest BCUT2D eigenvalue weighted by Gasteiger charge is -2.30. The number of carboxylic acid groups (broad SMARTS) is 3. The third kappa shape index (κ3) is 8.59. The lowest BCUT2D eigenvalue weighted by molar-refractivity contribution is -0.144. The van der Waals surface area contributed by atoms with Gasteiger partial charge in [-0.1, -0.05) is 26.2 Å². The Balaban J connectivity index is 2.85. The number of nitrogens with zero attached hydrogens (tertiary/aromatic N) is 3. The standard InChI is InChI=1S/C17H31N3O6/c1-2-3-4-5-14(17(25)26)20-10-8-18(12-15(21)22)6-7-19(9-11-20)13-16(23)24/h14H,2-13H2,1H3,(H,21,22)(H,23,24)(H,25,26). The van der Waals surface area contributed by atoms with E-state index in [0.29, 0.717) is 45.7 Å². The summed E-state index contributed by atoms with van der Waals surface area (Å²) in [7, 11) is 0. The summed E-state index contributed by atoms with van der Waals surface area (Å²) >= 11 is 0. The van der Waals surface area contributed by atoms with Crippen molar-refractivity contribution in [1.29, 1.82) is 0 Å². The number of carbonyl (C=O) groups is 3. The normalized spacial score (nSPS) is 19.3. The SMILES string of the molecule is CCCCCC(C(=O)O)N1CCN(CC(=O)O)CCN(CC(=O)O)CC1. The van der Waals surface area contributed by atoms with Gasteiger partial charge in [-0.25, -0.2) is 0 Å². The number of hydrogen-bond donors (Lipinski definition) is 3. The number of aliphatic carboxylic acids is 3. The molecule has 1 atom stereocenters. The van der Waals surface area contributed by atoms with Crippen molar-refractivity contribution in [3.8, 4) is 0 Å². The number of unbranched alkanes of at least 4 members (excludes halogenated alkanes) is 2. The second-order valence-corrected chi connectivity index (χ2v) is 6.73. The molecule has 26 heavy (non-hydrogen) atoms. The fourth-order valence-electron chi connectivity index (χ4n) is 3.22. The summed E-state index contributed by atoms with van der Waals surface area (Å²) < 4.78 is 0. The van der Waals surface area contributed by atoms with E-state index in [-0.39, 0.29) is 13.1 Å². The van der Waals surface area contributed by atoms with Crippen molar-refractivity contribution in [3.63, 3.8) is 0 Å². The molecule has 1 aliphatic rings. The van der Waals surface area contributed by atoms with E-state index >= 15 is 0 Å². The van der Waals surface area contributed by atoms with Crippen LogP contribution in [-0.4, -0.2) is 106 Å². The van der Waals surface area contributed by atoms with Gasteiger partial charge in [0, 0.05) is 39.3 Å². The van der Waals surface area contributed by atoms with Crippen LogP contribution in [-0.2, 0) is 14.4 Å². The van der Waals surface area contributed by atoms with Crippen LogP contribution in [0.3, 0.4) is 0 Å². The Hall–Kier alpha value is -1.71. The molecule has 0 radical (unpaired) electrons. The van der Waals surface area contributed by atoms with Gasteiger partial charge < -0.3 is 15.3 Å². The molecule has 150 valence electrons. The van der Waals surface area contributed by atoms with Crippen LogP contribution in [0, 0.1) is 0 Å². The third-order valence-electron chi connectivity index (χ3n) is 4.66. The van der Waals surface area contributed by atoms with Crippen molar-refractivity contribution in [2.45, 2.75) is 38.6 Å². The first-order valence-electron chi connectivity index (χ1n) is 9.18. The molecule has 1 unspecified atom stereocenters. The van der Waals surface area contributed by atoms with E-state index in [1.54, 1.807) is 9.80 Å². The fourth-order valence-corrected chi connectivity index (χ4v) is 3.22. The van der Waals surface area contributed by atoms with Crippen molar-refractivity contribution in [2.24, 2.45) is 0 Å². The molecule has 9 heteroatoms. The van der Waals surface area contributed by atoms with Crippen LogP contribution in [0.15, 0.2) is 0 Å². The van der Waals surface area contributed by atoms with Gasteiger partial charge in [-0.15, -0.1) is 0 Å². The van der Waals surface area contributed by atoms with E-state index in [0.717, 1.165) is 19.3 Å². The molecule has 1 heterocycles. The second-order valence-electron chi connectivity index (χ2n) is 6.73. The van der Waals surface area contributed by atoms with Crippen LogP contribution in [0.4, 0.5) is 0 Å². The molecule has 1 saturated heterocycles. The Bertz CT molecular complexity index is 445. The predicted molar refractivity (Wildman–Crippen MR) is 95.3 cm³/mol. The minimum Gasteiger partial charge on any atom is -0.480 e. The highest BCUT2D eigenvalue weighted by molar-refractivity contribution is 5.73. The van der Waals surface area contributed by atoms with Gasteiger partial charge in [-0.05, 0) is 6.42 Å². The van der Waals surface area contributed by atoms with Crippen molar-refractivity contribution >= 4 is 17.9 Å². The summed E-state index contributed by atoms with van der Waals surface area (Å²) in [6, 6.07) is -0.627. The molecule has 0 spiro atoms. The van der Waals surface area contributed by atoms with Gasteiger partial charge in [0.05, 0.1) is 13.1 Å². The molecule has 1 aliphatic heterocycles. The summed E-state index contributed by atoms with van der Waals surface area (Å²) in [4.78, 5) is 39.2. The number of hydrogen-bond acceptors (Lipinski definition) is 6. The van der Waals surface area contributed by atoms with Gasteiger partial charge in [0.2, 0.25) is 0 Å². The van der Waals surface area contributed by atoms with Crippen LogP contribution >= 0.6 is 0 Å². The first-order valence-corrected chi connectivity index (χ1v) is 9.18. The molecule has 1 rings (SSSR count). The van der Waals surface area contributed by atoms with Gasteiger partial charge in [0.1, 0.15) is 6.04 Å². The Morgan fingerprint density at radius 2 is 1.27 bits per heavy atom. The van der Waals surface area contributed by atoms with E-state index in [9.17, 15) is 19.5 Å². The molecule has 0 aromatic rings. The molecular weight excluding hydrogens is 342 g/mol. The molecule has 1 fully saturated rings. The van der Waals surface area contributed by atoms with Crippen molar-refractivity contribution < 1.29 is 29.7 Å². The topological polar surface area (TPSA) is 122 Å². The minimum absolute atomic E-state index is 0.137. The summed E-state index contributed by atoms with van der Waals surface area (Å²) in [6.45, 7) is 4.49. The lowest BCUT2D eigenvalue weighted by Crippen LogP contribution is -2.47. The summed E-state index contributed by atoms with van der Waals surface area (Å²) in [5.41, 5.74) is 0. The summed E-state index contributed by atoms with van der Waals surface area (Å²) in [6.07, 6.45) is 3.34. The third-order valence-corrected chi connectivity index (χ3v) is 4.66. The molecule has 0 saturated carbocycles. The Morgan fingerprint density at radius 3 is 1.65 bits per heavy atom. The second kappa shape index (κ2) is 11.8. The Labute approximate surface area is 154 Å². The summed E-state index contributed by atoms with van der Waals surface area (Å²) in [5, 5.41) is 27.7. The Kier molecular flexibility index (Phi) is 10.2. The molecule has 0 aromatic heterocycles. The largest absolute Gasteiger partial charge is 0.480 e. The first-order chi connectivity index (χ1) is 12.3. The zero-order chi connectivity index (χ0) is 19.5. The van der Waals surface area contributed by atoms with E-state index < -0.39 is 23.9 Å². The molecule has 0 bridgehead atoms. The maximum Gasteiger partial charge on any atom is 0.320 e. The average Bonchev–Trinajstić information content (AvgIpc) is 2.63. The van der Waals surface area contributed by atoms with Crippen LogP contribution < -0.4 is 0 Å². The molecular formula is C17H31N3O6. The van der Waals surface area contributed by atoms with E-state index in [1.165, 1.54) is 0 Å². The van der Waals surface area contributed by atoms with Crippen molar-refractivity contribution in [1.82, 2.24) is 14.7 Å². The summed E-state index contributed by atoms with van der Waals surface area (Å²) in [5.74, 6) is -2.77. The highest BCUT2D eigenvalue weighted by Crippen LogP contribution is 2.12. The maximum atomic E-state index is 11.7. The molecule has 0 aliphatic carbocycles. The van der Waals surface area contributed by atoms with Gasteiger partial charge in [0.15, 0.2) is 0 Å². The molecule has 0 aromatic carbocycles.